The number of benzene rings is 4. The average molecular weight is 598 g/mol. The van der Waals surface area contributed by atoms with Crippen LogP contribution in [-0.4, -0.2) is 43.8 Å². The van der Waals surface area contributed by atoms with Crippen LogP contribution < -0.4 is 9.62 Å². The zero-order valence-electron chi connectivity index (χ0n) is 25.0. The summed E-state index contributed by atoms with van der Waals surface area (Å²) in [5.74, 6) is -0.379. The van der Waals surface area contributed by atoms with Gasteiger partial charge in [0.1, 0.15) is 6.04 Å². The maximum atomic E-state index is 14.0. The van der Waals surface area contributed by atoms with Gasteiger partial charge < -0.3 is 10.2 Å². The van der Waals surface area contributed by atoms with E-state index in [-0.39, 0.29) is 37.4 Å². The first-order valence-corrected chi connectivity index (χ1v) is 16.4. The summed E-state index contributed by atoms with van der Waals surface area (Å²) in [5.41, 5.74) is 3.65. The largest absolute Gasteiger partial charge is 0.352 e. The number of hydrogen-bond donors (Lipinski definition) is 1. The van der Waals surface area contributed by atoms with Gasteiger partial charge in [-0.1, -0.05) is 91.3 Å². The highest BCUT2D eigenvalue weighted by Gasteiger charge is 2.36. The second-order valence-electron chi connectivity index (χ2n) is 11.3. The Morgan fingerprint density at radius 3 is 2.28 bits per heavy atom. The Labute approximate surface area is 254 Å². The van der Waals surface area contributed by atoms with E-state index in [1.807, 2.05) is 99.6 Å². The molecular formula is C35H39N3O4S. The Bertz CT molecular complexity index is 1700. The molecule has 0 fully saturated rings. The third-order valence-electron chi connectivity index (χ3n) is 8.18. The number of rotatable bonds is 12. The molecule has 0 saturated heterocycles. The smallest absolute Gasteiger partial charge is 0.265 e. The van der Waals surface area contributed by atoms with Gasteiger partial charge in [-0.25, -0.2) is 8.42 Å². The summed E-state index contributed by atoms with van der Waals surface area (Å²) < 4.78 is 28.3. The summed E-state index contributed by atoms with van der Waals surface area (Å²) in [6, 6.07) is 27.8. The monoisotopic (exact) mass is 597 g/mol. The topological polar surface area (TPSA) is 86.8 Å². The standard InChI is InChI=1S/C35H39N3O4S/c1-4-26(3)36-35(40)31(23-27-11-6-5-7-12-27)37(24-28-20-18-25(2)19-21-28)33(39)17-10-22-38-30-15-8-13-29-14-9-16-32(34(29)30)43(38,41)42/h5-9,11-16,18-21,26,31H,4,10,17,22-24H2,1-3H3,(H,36,40)/t26-,31-/m1/s1. The molecule has 2 amide bonds. The molecule has 0 unspecified atom stereocenters. The number of aryl methyl sites for hydroxylation is 1. The molecule has 1 aliphatic rings. The fourth-order valence-corrected chi connectivity index (χ4v) is 7.35. The quantitative estimate of drug-likeness (QED) is 0.217. The molecule has 1 heterocycles. The van der Waals surface area contributed by atoms with Crippen molar-refractivity contribution in [1.82, 2.24) is 10.2 Å². The van der Waals surface area contributed by atoms with Crippen molar-refractivity contribution in [2.75, 3.05) is 10.8 Å². The van der Waals surface area contributed by atoms with Crippen LogP contribution in [0.4, 0.5) is 5.69 Å². The fourth-order valence-electron chi connectivity index (χ4n) is 5.60. The molecule has 0 saturated carbocycles. The van der Waals surface area contributed by atoms with Gasteiger partial charge in [0.25, 0.3) is 10.0 Å². The van der Waals surface area contributed by atoms with E-state index in [4.69, 9.17) is 0 Å². The number of anilines is 1. The van der Waals surface area contributed by atoms with Crippen molar-refractivity contribution in [2.45, 2.75) is 70.0 Å². The van der Waals surface area contributed by atoms with E-state index in [0.717, 1.165) is 33.9 Å². The molecule has 0 radical (unpaired) electrons. The molecule has 0 aliphatic carbocycles. The summed E-state index contributed by atoms with van der Waals surface area (Å²) >= 11 is 0. The van der Waals surface area contributed by atoms with Crippen LogP contribution >= 0.6 is 0 Å². The average Bonchev–Trinajstić information content (AvgIpc) is 3.23. The van der Waals surface area contributed by atoms with Gasteiger partial charge in [-0.15, -0.1) is 0 Å². The summed E-state index contributed by atoms with van der Waals surface area (Å²) in [4.78, 5) is 29.7. The van der Waals surface area contributed by atoms with Crippen molar-refractivity contribution in [3.05, 3.63) is 108 Å². The van der Waals surface area contributed by atoms with Crippen LogP contribution in [-0.2, 0) is 32.6 Å². The number of hydrogen-bond acceptors (Lipinski definition) is 4. The lowest BCUT2D eigenvalue weighted by Gasteiger charge is -2.32. The Morgan fingerprint density at radius 2 is 1.58 bits per heavy atom. The van der Waals surface area contributed by atoms with Crippen molar-refractivity contribution in [3.63, 3.8) is 0 Å². The molecule has 1 aliphatic heterocycles. The van der Waals surface area contributed by atoms with Crippen molar-refractivity contribution >= 4 is 38.3 Å². The van der Waals surface area contributed by atoms with E-state index in [2.05, 4.69) is 5.32 Å². The zero-order valence-corrected chi connectivity index (χ0v) is 25.8. The molecule has 5 rings (SSSR count). The van der Waals surface area contributed by atoms with E-state index < -0.39 is 16.1 Å². The summed E-state index contributed by atoms with van der Waals surface area (Å²) in [7, 11) is -3.71. The summed E-state index contributed by atoms with van der Waals surface area (Å²) in [5, 5.41) is 4.69. The van der Waals surface area contributed by atoms with Crippen LogP contribution in [0, 0.1) is 6.92 Å². The van der Waals surface area contributed by atoms with E-state index in [9.17, 15) is 18.0 Å². The number of carbonyl (C=O) groups is 2. The number of sulfonamides is 1. The second kappa shape index (κ2) is 13.0. The lowest BCUT2D eigenvalue weighted by atomic mass is 10.0. The van der Waals surface area contributed by atoms with Crippen LogP contribution in [0.15, 0.2) is 95.9 Å². The van der Waals surface area contributed by atoms with Gasteiger partial charge in [-0.2, -0.15) is 0 Å². The van der Waals surface area contributed by atoms with Crippen molar-refractivity contribution in [3.8, 4) is 0 Å². The zero-order chi connectivity index (χ0) is 30.6. The van der Waals surface area contributed by atoms with Gasteiger partial charge in [-0.3, -0.25) is 13.9 Å². The number of carbonyl (C=O) groups excluding carboxylic acids is 2. The molecule has 0 aromatic heterocycles. The number of nitrogens with one attached hydrogen (secondary N) is 1. The minimum atomic E-state index is -3.71. The van der Waals surface area contributed by atoms with Crippen LogP contribution in [0.2, 0.25) is 0 Å². The van der Waals surface area contributed by atoms with Crippen molar-refractivity contribution in [1.29, 1.82) is 0 Å². The highest BCUT2D eigenvalue weighted by atomic mass is 32.2. The van der Waals surface area contributed by atoms with Crippen LogP contribution in [0.5, 0.6) is 0 Å². The van der Waals surface area contributed by atoms with Gasteiger partial charge in [0, 0.05) is 37.4 Å². The maximum Gasteiger partial charge on any atom is 0.265 e. The molecule has 1 N–H and O–H groups in total. The molecule has 8 heteroatoms. The Balaban J connectivity index is 1.40. The van der Waals surface area contributed by atoms with Gasteiger partial charge in [0.2, 0.25) is 11.8 Å². The lowest BCUT2D eigenvalue weighted by molar-refractivity contribution is -0.141. The van der Waals surface area contributed by atoms with Gasteiger partial charge >= 0.3 is 0 Å². The molecule has 4 aromatic carbocycles. The van der Waals surface area contributed by atoms with Crippen molar-refractivity contribution in [2.24, 2.45) is 0 Å². The predicted molar refractivity (Wildman–Crippen MR) is 171 cm³/mol. The minimum absolute atomic E-state index is 0.0354. The third kappa shape index (κ3) is 6.59. The Kier molecular flexibility index (Phi) is 9.16. The number of nitrogens with zero attached hydrogens (tertiary/aromatic N) is 2. The Hall–Kier alpha value is -4.17. The first-order chi connectivity index (χ1) is 20.7. The molecule has 4 aromatic rings. The van der Waals surface area contributed by atoms with E-state index in [0.29, 0.717) is 23.4 Å². The van der Waals surface area contributed by atoms with E-state index in [1.165, 1.54) is 4.31 Å². The fraction of sp³-hybridized carbons (Fsp3) is 0.314. The molecule has 224 valence electrons. The van der Waals surface area contributed by atoms with E-state index >= 15 is 0 Å². The van der Waals surface area contributed by atoms with Gasteiger partial charge in [0.05, 0.1) is 10.6 Å². The molecule has 43 heavy (non-hydrogen) atoms. The normalized spacial score (nSPS) is 14.8. The van der Waals surface area contributed by atoms with Crippen LogP contribution in [0.25, 0.3) is 10.8 Å². The summed E-state index contributed by atoms with van der Waals surface area (Å²) in [6.45, 7) is 6.42. The first kappa shape index (κ1) is 30.3. The first-order valence-electron chi connectivity index (χ1n) is 14.9. The Morgan fingerprint density at radius 1 is 0.884 bits per heavy atom. The van der Waals surface area contributed by atoms with Crippen LogP contribution in [0.3, 0.4) is 0 Å². The predicted octanol–water partition coefficient (Wildman–Crippen LogP) is 5.99. The molecule has 2 atom stereocenters. The minimum Gasteiger partial charge on any atom is -0.352 e. The third-order valence-corrected chi connectivity index (χ3v) is 10.0. The van der Waals surface area contributed by atoms with Crippen molar-refractivity contribution < 1.29 is 18.0 Å². The molecular weight excluding hydrogens is 558 g/mol. The maximum absolute atomic E-state index is 14.0. The van der Waals surface area contributed by atoms with Gasteiger partial charge in [0.15, 0.2) is 0 Å². The lowest BCUT2D eigenvalue weighted by Crippen LogP contribution is -2.52. The second-order valence-corrected chi connectivity index (χ2v) is 13.2. The SMILES string of the molecule is CC[C@@H](C)NC(=O)[C@@H](Cc1ccccc1)N(Cc1ccc(C)cc1)C(=O)CCCN1c2cccc3cccc(c23)S1(=O)=O. The highest BCUT2D eigenvalue weighted by Crippen LogP contribution is 2.42. The summed E-state index contributed by atoms with van der Waals surface area (Å²) in [6.07, 6.45) is 1.57. The molecule has 0 bridgehead atoms. The number of amides is 2. The van der Waals surface area contributed by atoms with E-state index in [1.54, 1.807) is 17.0 Å². The highest BCUT2D eigenvalue weighted by molar-refractivity contribution is 7.93. The molecule has 0 spiro atoms. The van der Waals surface area contributed by atoms with Gasteiger partial charge in [-0.05, 0) is 55.3 Å². The molecule has 7 nitrogen and oxygen atoms in total. The van der Waals surface area contributed by atoms with Crippen LogP contribution in [0.1, 0.15) is 49.8 Å².